The van der Waals surface area contributed by atoms with E-state index in [4.69, 9.17) is 4.42 Å². The normalized spacial score (nSPS) is 10.6. The first kappa shape index (κ1) is 14.1. The molecule has 2 aromatic rings. The lowest BCUT2D eigenvalue weighted by Gasteiger charge is -2.08. The van der Waals surface area contributed by atoms with E-state index in [1.54, 1.807) is 24.4 Å². The van der Waals surface area contributed by atoms with Gasteiger partial charge in [0.05, 0.1) is 18.1 Å². The van der Waals surface area contributed by atoms with Crippen LogP contribution in [0.5, 0.6) is 0 Å². The molecule has 106 valence electrons. The number of nitrogens with zero attached hydrogens (tertiary/aromatic N) is 1. The highest BCUT2D eigenvalue weighted by Crippen LogP contribution is 2.12. The number of hydrogen-bond acceptors (Lipinski definition) is 4. The molecule has 0 spiro atoms. The summed E-state index contributed by atoms with van der Waals surface area (Å²) in [5.74, 6) is 1.14. The molecule has 0 radical (unpaired) electrons. The van der Waals surface area contributed by atoms with Gasteiger partial charge in [0.2, 0.25) is 0 Å². The Labute approximate surface area is 118 Å². The topological polar surface area (TPSA) is 67.2 Å². The summed E-state index contributed by atoms with van der Waals surface area (Å²) >= 11 is 0. The van der Waals surface area contributed by atoms with E-state index in [2.05, 4.69) is 29.5 Å². The second-order valence-electron chi connectivity index (χ2n) is 4.97. The molecule has 0 aliphatic carbocycles. The third-order valence-electron chi connectivity index (χ3n) is 2.80. The van der Waals surface area contributed by atoms with Crippen molar-refractivity contribution in [3.8, 4) is 0 Å². The SMILES string of the molecule is CC(C)CCNc1ccc(NC(=O)c2ccco2)nc1. The fourth-order valence-electron chi connectivity index (χ4n) is 1.66. The first-order chi connectivity index (χ1) is 9.65. The Morgan fingerprint density at radius 1 is 1.35 bits per heavy atom. The van der Waals surface area contributed by atoms with Crippen LogP contribution < -0.4 is 10.6 Å². The fourth-order valence-corrected chi connectivity index (χ4v) is 1.66. The number of hydrogen-bond donors (Lipinski definition) is 2. The van der Waals surface area contributed by atoms with Crippen LogP contribution in [0.2, 0.25) is 0 Å². The van der Waals surface area contributed by atoms with Crippen molar-refractivity contribution in [3.05, 3.63) is 42.5 Å². The van der Waals surface area contributed by atoms with Gasteiger partial charge in [-0.25, -0.2) is 4.98 Å². The van der Waals surface area contributed by atoms with Gasteiger partial charge >= 0.3 is 0 Å². The second-order valence-corrected chi connectivity index (χ2v) is 4.97. The molecule has 0 aliphatic heterocycles. The van der Waals surface area contributed by atoms with Crippen LogP contribution in [-0.4, -0.2) is 17.4 Å². The summed E-state index contributed by atoms with van der Waals surface area (Å²) in [4.78, 5) is 15.9. The number of carbonyl (C=O) groups excluding carboxylic acids is 1. The molecule has 0 saturated heterocycles. The predicted octanol–water partition coefficient (Wildman–Crippen LogP) is 3.38. The number of amides is 1. The third kappa shape index (κ3) is 4.12. The summed E-state index contributed by atoms with van der Waals surface area (Å²) in [6.07, 6.45) is 4.28. The van der Waals surface area contributed by atoms with E-state index in [9.17, 15) is 4.79 Å². The van der Waals surface area contributed by atoms with Gasteiger partial charge in [0.25, 0.3) is 5.91 Å². The van der Waals surface area contributed by atoms with Crippen LogP contribution in [0.3, 0.4) is 0 Å². The monoisotopic (exact) mass is 273 g/mol. The zero-order valence-corrected chi connectivity index (χ0v) is 11.7. The lowest BCUT2D eigenvalue weighted by molar-refractivity contribution is 0.0996. The molecule has 0 unspecified atom stereocenters. The number of rotatable bonds is 6. The maximum Gasteiger partial charge on any atom is 0.292 e. The molecule has 2 aromatic heterocycles. The van der Waals surface area contributed by atoms with E-state index < -0.39 is 0 Å². The van der Waals surface area contributed by atoms with E-state index in [1.165, 1.54) is 6.26 Å². The Morgan fingerprint density at radius 3 is 2.80 bits per heavy atom. The minimum atomic E-state index is -0.303. The van der Waals surface area contributed by atoms with Crippen LogP contribution in [0.1, 0.15) is 30.8 Å². The Hall–Kier alpha value is -2.30. The molecule has 2 heterocycles. The first-order valence-corrected chi connectivity index (χ1v) is 6.70. The number of furan rings is 1. The average molecular weight is 273 g/mol. The summed E-state index contributed by atoms with van der Waals surface area (Å²) in [5, 5.41) is 5.96. The number of anilines is 2. The van der Waals surface area contributed by atoms with Gasteiger partial charge in [0, 0.05) is 6.54 Å². The lowest BCUT2D eigenvalue weighted by atomic mass is 10.1. The van der Waals surface area contributed by atoms with Gasteiger partial charge in [-0.2, -0.15) is 0 Å². The van der Waals surface area contributed by atoms with Crippen LogP contribution >= 0.6 is 0 Å². The van der Waals surface area contributed by atoms with Crippen LogP contribution in [-0.2, 0) is 0 Å². The van der Waals surface area contributed by atoms with Crippen molar-refractivity contribution in [3.63, 3.8) is 0 Å². The van der Waals surface area contributed by atoms with Crippen molar-refractivity contribution in [2.75, 3.05) is 17.2 Å². The quantitative estimate of drug-likeness (QED) is 0.846. The molecule has 2 rings (SSSR count). The molecule has 0 atom stereocenters. The summed E-state index contributed by atoms with van der Waals surface area (Å²) in [7, 11) is 0. The van der Waals surface area contributed by atoms with E-state index in [-0.39, 0.29) is 11.7 Å². The van der Waals surface area contributed by atoms with Gasteiger partial charge in [-0.05, 0) is 36.6 Å². The zero-order chi connectivity index (χ0) is 14.4. The Bertz CT molecular complexity index is 533. The first-order valence-electron chi connectivity index (χ1n) is 6.70. The Morgan fingerprint density at radius 2 is 2.20 bits per heavy atom. The van der Waals surface area contributed by atoms with Gasteiger partial charge in [0.1, 0.15) is 5.82 Å². The highest BCUT2D eigenvalue weighted by molar-refractivity contribution is 6.01. The van der Waals surface area contributed by atoms with Crippen molar-refractivity contribution in [1.29, 1.82) is 0 Å². The third-order valence-corrected chi connectivity index (χ3v) is 2.80. The fraction of sp³-hybridized carbons (Fsp3) is 0.333. The minimum absolute atomic E-state index is 0.269. The van der Waals surface area contributed by atoms with Crippen LogP contribution in [0.25, 0.3) is 0 Å². The van der Waals surface area contributed by atoms with Gasteiger partial charge < -0.3 is 15.1 Å². The molecular weight excluding hydrogens is 254 g/mol. The van der Waals surface area contributed by atoms with E-state index in [1.807, 2.05) is 6.07 Å². The van der Waals surface area contributed by atoms with Gasteiger partial charge in [-0.15, -0.1) is 0 Å². The maximum absolute atomic E-state index is 11.7. The molecule has 0 bridgehead atoms. The molecule has 0 fully saturated rings. The molecule has 5 heteroatoms. The summed E-state index contributed by atoms with van der Waals surface area (Å²) in [6, 6.07) is 6.94. The van der Waals surface area contributed by atoms with E-state index >= 15 is 0 Å². The van der Waals surface area contributed by atoms with Crippen molar-refractivity contribution < 1.29 is 9.21 Å². The number of aromatic nitrogens is 1. The average Bonchev–Trinajstić information content (AvgIpc) is 2.94. The molecule has 0 aromatic carbocycles. The van der Waals surface area contributed by atoms with E-state index in [0.29, 0.717) is 11.7 Å². The maximum atomic E-state index is 11.7. The minimum Gasteiger partial charge on any atom is -0.459 e. The lowest BCUT2D eigenvalue weighted by Crippen LogP contribution is -2.12. The van der Waals surface area contributed by atoms with Gasteiger partial charge in [-0.1, -0.05) is 13.8 Å². The molecule has 2 N–H and O–H groups in total. The van der Waals surface area contributed by atoms with Crippen molar-refractivity contribution in [2.24, 2.45) is 5.92 Å². The standard InChI is InChI=1S/C15H19N3O2/c1-11(2)7-8-16-12-5-6-14(17-10-12)18-15(19)13-4-3-9-20-13/h3-6,9-11,16H,7-8H2,1-2H3,(H,17,18,19). The Balaban J connectivity index is 1.87. The second kappa shape index (κ2) is 6.75. The smallest absolute Gasteiger partial charge is 0.292 e. The van der Waals surface area contributed by atoms with Crippen LogP contribution in [0, 0.1) is 5.92 Å². The highest BCUT2D eigenvalue weighted by atomic mass is 16.3. The van der Waals surface area contributed by atoms with Gasteiger partial charge in [-0.3, -0.25) is 4.79 Å². The van der Waals surface area contributed by atoms with Crippen LogP contribution in [0.15, 0.2) is 41.1 Å². The number of nitrogens with one attached hydrogen (secondary N) is 2. The molecular formula is C15H19N3O2. The number of carbonyl (C=O) groups is 1. The van der Waals surface area contributed by atoms with E-state index in [0.717, 1.165) is 18.7 Å². The summed E-state index contributed by atoms with van der Waals surface area (Å²) in [6.45, 7) is 5.29. The number of pyridine rings is 1. The molecule has 20 heavy (non-hydrogen) atoms. The summed E-state index contributed by atoms with van der Waals surface area (Å²) < 4.78 is 5.01. The molecule has 5 nitrogen and oxygen atoms in total. The van der Waals surface area contributed by atoms with Crippen molar-refractivity contribution in [2.45, 2.75) is 20.3 Å². The zero-order valence-electron chi connectivity index (χ0n) is 11.7. The van der Waals surface area contributed by atoms with Gasteiger partial charge in [0.15, 0.2) is 5.76 Å². The Kier molecular flexibility index (Phi) is 4.76. The largest absolute Gasteiger partial charge is 0.459 e. The predicted molar refractivity (Wildman–Crippen MR) is 78.8 cm³/mol. The van der Waals surface area contributed by atoms with Crippen LogP contribution in [0.4, 0.5) is 11.5 Å². The molecule has 0 aliphatic rings. The van der Waals surface area contributed by atoms with Crippen molar-refractivity contribution >= 4 is 17.4 Å². The molecule has 0 saturated carbocycles. The molecule has 1 amide bonds. The highest BCUT2D eigenvalue weighted by Gasteiger charge is 2.08. The van der Waals surface area contributed by atoms with Crippen molar-refractivity contribution in [1.82, 2.24) is 4.98 Å². The summed E-state index contributed by atoms with van der Waals surface area (Å²) in [5.41, 5.74) is 0.946.